The Morgan fingerprint density at radius 3 is 2.77 bits per heavy atom. The second-order valence-corrected chi connectivity index (χ2v) is 11.4. The highest BCUT2D eigenvalue weighted by molar-refractivity contribution is 8.01. The molecule has 0 aromatic carbocycles. The largest absolute Gasteiger partial charge is 0.381 e. The lowest BCUT2D eigenvalue weighted by Gasteiger charge is -2.29. The number of nitrogens with zero attached hydrogens (tertiary/aromatic N) is 1. The molecule has 1 N–H and O–H groups in total. The third-order valence-electron chi connectivity index (χ3n) is 6.07. The molecule has 2 fully saturated rings. The summed E-state index contributed by atoms with van der Waals surface area (Å²) in [5.74, 6) is 1.57. The van der Waals surface area contributed by atoms with E-state index in [2.05, 4.69) is 24.3 Å². The van der Waals surface area contributed by atoms with E-state index in [4.69, 9.17) is 19.0 Å². The Hall–Kier alpha value is -0.830. The summed E-state index contributed by atoms with van der Waals surface area (Å²) < 4.78 is 16.5. The SMILES string of the molecule is CC(C)(COC1CCCCO1)C1=NOC(NC(=O)C(C)(C)SCC[C@H]2CCOC2)C1. The van der Waals surface area contributed by atoms with Gasteiger partial charge in [0.2, 0.25) is 12.1 Å². The van der Waals surface area contributed by atoms with E-state index in [1.54, 1.807) is 11.8 Å². The normalized spacial score (nSPS) is 27.6. The summed E-state index contributed by atoms with van der Waals surface area (Å²) in [6.45, 7) is 11.1. The zero-order chi connectivity index (χ0) is 21.6. The van der Waals surface area contributed by atoms with Gasteiger partial charge in [-0.3, -0.25) is 4.79 Å². The number of rotatable bonds is 10. The molecule has 0 bridgehead atoms. The van der Waals surface area contributed by atoms with Crippen LogP contribution in [0, 0.1) is 11.3 Å². The summed E-state index contributed by atoms with van der Waals surface area (Å²) in [5.41, 5.74) is 0.642. The molecule has 2 unspecified atom stereocenters. The van der Waals surface area contributed by atoms with E-state index in [1.807, 2.05) is 13.8 Å². The van der Waals surface area contributed by atoms with Gasteiger partial charge in [0.05, 0.1) is 17.1 Å². The van der Waals surface area contributed by atoms with Gasteiger partial charge >= 0.3 is 0 Å². The molecule has 0 aromatic heterocycles. The van der Waals surface area contributed by atoms with Crippen molar-refractivity contribution in [1.82, 2.24) is 5.32 Å². The first-order valence-electron chi connectivity index (χ1n) is 11.3. The number of carbonyl (C=O) groups excluding carboxylic acids is 1. The van der Waals surface area contributed by atoms with Crippen LogP contribution < -0.4 is 5.32 Å². The Balaban J connectivity index is 1.39. The van der Waals surface area contributed by atoms with E-state index in [-0.39, 0.29) is 17.6 Å². The second-order valence-electron chi connectivity index (χ2n) is 9.68. The second kappa shape index (κ2) is 10.7. The maximum Gasteiger partial charge on any atom is 0.238 e. The van der Waals surface area contributed by atoms with Crippen molar-refractivity contribution in [3.63, 3.8) is 0 Å². The third-order valence-corrected chi connectivity index (χ3v) is 7.42. The summed E-state index contributed by atoms with van der Waals surface area (Å²) in [6, 6.07) is 0. The Bertz CT molecular complexity index is 598. The highest BCUT2D eigenvalue weighted by atomic mass is 32.2. The van der Waals surface area contributed by atoms with E-state index in [1.165, 1.54) is 0 Å². The summed E-state index contributed by atoms with van der Waals surface area (Å²) in [4.78, 5) is 18.3. The molecule has 8 heteroatoms. The van der Waals surface area contributed by atoms with Crippen molar-refractivity contribution in [2.24, 2.45) is 16.5 Å². The Morgan fingerprint density at radius 1 is 1.23 bits per heavy atom. The molecule has 7 nitrogen and oxygen atoms in total. The van der Waals surface area contributed by atoms with Crippen molar-refractivity contribution >= 4 is 23.4 Å². The molecule has 0 spiro atoms. The molecule has 3 heterocycles. The molecule has 1 amide bonds. The van der Waals surface area contributed by atoms with Gasteiger partial charge in [0.25, 0.3) is 0 Å². The Labute approximate surface area is 185 Å². The standard InChI is InChI=1S/C22H38N2O5S/c1-21(2,15-28-19-7-5-6-10-27-19)17-13-18(29-24-17)23-20(25)22(3,4)30-12-9-16-8-11-26-14-16/h16,18-19H,5-15H2,1-4H3,(H,23,25)/t16-,18?,19?/m1/s1. The lowest BCUT2D eigenvalue weighted by Crippen LogP contribution is -2.46. The van der Waals surface area contributed by atoms with Gasteiger partial charge in [0.1, 0.15) is 0 Å². The first-order chi connectivity index (χ1) is 14.3. The van der Waals surface area contributed by atoms with Crippen LogP contribution in [-0.2, 0) is 23.8 Å². The number of carbonyl (C=O) groups is 1. The van der Waals surface area contributed by atoms with Gasteiger partial charge in [-0.05, 0) is 57.6 Å². The van der Waals surface area contributed by atoms with Crippen molar-refractivity contribution in [2.75, 3.05) is 32.2 Å². The van der Waals surface area contributed by atoms with Crippen LogP contribution in [-0.4, -0.2) is 61.1 Å². The summed E-state index contributed by atoms with van der Waals surface area (Å²) in [7, 11) is 0. The van der Waals surface area contributed by atoms with Crippen LogP contribution >= 0.6 is 11.8 Å². The van der Waals surface area contributed by atoms with E-state index >= 15 is 0 Å². The molecule has 30 heavy (non-hydrogen) atoms. The quantitative estimate of drug-likeness (QED) is 0.556. The number of amides is 1. The fraction of sp³-hybridized carbons (Fsp3) is 0.909. The topological polar surface area (TPSA) is 78.4 Å². The minimum Gasteiger partial charge on any atom is -0.381 e. The van der Waals surface area contributed by atoms with Gasteiger partial charge in [-0.1, -0.05) is 19.0 Å². The predicted octanol–water partition coefficient (Wildman–Crippen LogP) is 3.71. The molecule has 3 atom stereocenters. The molecule has 0 aliphatic carbocycles. The van der Waals surface area contributed by atoms with Gasteiger partial charge < -0.3 is 24.4 Å². The minimum atomic E-state index is -0.511. The highest BCUT2D eigenvalue weighted by Gasteiger charge is 2.37. The first-order valence-corrected chi connectivity index (χ1v) is 12.2. The van der Waals surface area contributed by atoms with Crippen molar-refractivity contribution < 1.29 is 23.8 Å². The van der Waals surface area contributed by atoms with E-state index in [0.717, 1.165) is 63.4 Å². The average molecular weight is 443 g/mol. The van der Waals surface area contributed by atoms with Crippen LogP contribution in [0.1, 0.15) is 66.2 Å². The molecule has 2 saturated heterocycles. The van der Waals surface area contributed by atoms with Crippen LogP contribution in [0.25, 0.3) is 0 Å². The Morgan fingerprint density at radius 2 is 2.07 bits per heavy atom. The average Bonchev–Trinajstić information content (AvgIpc) is 3.40. The van der Waals surface area contributed by atoms with Gasteiger partial charge in [-0.2, -0.15) is 0 Å². The zero-order valence-corrected chi connectivity index (χ0v) is 19.7. The van der Waals surface area contributed by atoms with Crippen LogP contribution in [0.3, 0.4) is 0 Å². The summed E-state index contributed by atoms with van der Waals surface area (Å²) >= 11 is 1.69. The maximum atomic E-state index is 12.8. The van der Waals surface area contributed by atoms with Crippen LogP contribution in [0.2, 0.25) is 0 Å². The molecule has 0 saturated carbocycles. The van der Waals surface area contributed by atoms with Gasteiger partial charge in [0.15, 0.2) is 6.29 Å². The van der Waals surface area contributed by atoms with Crippen LogP contribution in [0.5, 0.6) is 0 Å². The molecular weight excluding hydrogens is 404 g/mol. The molecule has 0 aromatic rings. The fourth-order valence-electron chi connectivity index (χ4n) is 3.76. The van der Waals surface area contributed by atoms with Crippen LogP contribution in [0.15, 0.2) is 5.16 Å². The number of hydrogen-bond acceptors (Lipinski definition) is 7. The highest BCUT2D eigenvalue weighted by Crippen LogP contribution is 2.30. The van der Waals surface area contributed by atoms with Crippen molar-refractivity contribution in [3.8, 4) is 0 Å². The monoisotopic (exact) mass is 442 g/mol. The van der Waals surface area contributed by atoms with Crippen molar-refractivity contribution in [1.29, 1.82) is 0 Å². The zero-order valence-electron chi connectivity index (χ0n) is 18.9. The van der Waals surface area contributed by atoms with Gasteiger partial charge in [-0.25, -0.2) is 0 Å². The molecule has 0 radical (unpaired) electrons. The molecule has 3 aliphatic rings. The maximum absolute atomic E-state index is 12.8. The third kappa shape index (κ3) is 6.84. The molecule has 3 aliphatic heterocycles. The predicted molar refractivity (Wildman–Crippen MR) is 118 cm³/mol. The summed E-state index contributed by atoms with van der Waals surface area (Å²) in [6.07, 6.45) is 5.46. The Kier molecular flexibility index (Phi) is 8.46. The lowest BCUT2D eigenvalue weighted by atomic mass is 9.86. The van der Waals surface area contributed by atoms with Gasteiger partial charge in [-0.15, -0.1) is 11.8 Å². The molecule has 3 rings (SSSR count). The smallest absolute Gasteiger partial charge is 0.238 e. The lowest BCUT2D eigenvalue weighted by molar-refractivity contribution is -0.171. The number of oxime groups is 1. The number of hydrogen-bond donors (Lipinski definition) is 1. The fourth-order valence-corrected chi connectivity index (χ4v) is 4.91. The number of ether oxygens (including phenoxy) is 3. The van der Waals surface area contributed by atoms with E-state index < -0.39 is 11.0 Å². The van der Waals surface area contributed by atoms with Gasteiger partial charge in [0, 0.05) is 31.7 Å². The van der Waals surface area contributed by atoms with E-state index in [9.17, 15) is 4.79 Å². The minimum absolute atomic E-state index is 0.0127. The van der Waals surface area contributed by atoms with Crippen molar-refractivity contribution in [2.45, 2.75) is 83.5 Å². The van der Waals surface area contributed by atoms with Crippen molar-refractivity contribution in [3.05, 3.63) is 0 Å². The number of nitrogens with one attached hydrogen (secondary N) is 1. The number of thioether (sulfide) groups is 1. The van der Waals surface area contributed by atoms with E-state index in [0.29, 0.717) is 18.9 Å². The molecule has 172 valence electrons. The first kappa shape index (κ1) is 23.8. The molecular formula is C22H38N2O5S. The van der Waals surface area contributed by atoms with Crippen LogP contribution in [0.4, 0.5) is 0 Å². The summed E-state index contributed by atoms with van der Waals surface area (Å²) in [5, 5.41) is 7.28.